The summed E-state index contributed by atoms with van der Waals surface area (Å²) in [6.07, 6.45) is 1.33. The lowest BCUT2D eigenvalue weighted by molar-refractivity contribution is 0.0852. The van der Waals surface area contributed by atoms with Crippen molar-refractivity contribution in [1.82, 2.24) is 15.1 Å². The number of hydrogen-bond acceptors (Lipinski definition) is 5. The molecular formula is C17H20FN5O. The van der Waals surface area contributed by atoms with Crippen LogP contribution in [0.4, 0.5) is 15.9 Å². The molecule has 0 saturated heterocycles. The van der Waals surface area contributed by atoms with Crippen molar-refractivity contribution in [2.45, 2.75) is 32.2 Å². The van der Waals surface area contributed by atoms with Crippen molar-refractivity contribution in [1.29, 1.82) is 0 Å². The summed E-state index contributed by atoms with van der Waals surface area (Å²) in [5, 5.41) is 10.8. The minimum absolute atomic E-state index is 0.127. The Labute approximate surface area is 139 Å². The lowest BCUT2D eigenvalue weighted by Gasteiger charge is -2.27. The van der Waals surface area contributed by atoms with Crippen LogP contribution in [0, 0.1) is 12.7 Å². The van der Waals surface area contributed by atoms with Gasteiger partial charge in [-0.25, -0.2) is 9.07 Å². The molecule has 1 unspecified atom stereocenters. The van der Waals surface area contributed by atoms with Gasteiger partial charge in [0.15, 0.2) is 5.82 Å². The predicted octanol–water partition coefficient (Wildman–Crippen LogP) is 1.80. The van der Waals surface area contributed by atoms with Gasteiger partial charge in [0.1, 0.15) is 5.82 Å². The molecule has 4 rings (SSSR count). The molecule has 4 N–H and O–H groups in total. The fraction of sp³-hybridized carbons (Fsp3) is 0.412. The summed E-state index contributed by atoms with van der Waals surface area (Å²) in [6, 6.07) is 2.94. The van der Waals surface area contributed by atoms with Gasteiger partial charge in [-0.2, -0.15) is 0 Å². The number of aryl methyl sites for hydroxylation is 1. The molecule has 0 bridgehead atoms. The van der Waals surface area contributed by atoms with Crippen molar-refractivity contribution in [2.75, 3.05) is 24.1 Å². The molecule has 7 heteroatoms. The molecule has 6 nitrogen and oxygen atoms in total. The van der Waals surface area contributed by atoms with Gasteiger partial charge in [0.05, 0.1) is 11.6 Å². The number of anilines is 2. The van der Waals surface area contributed by atoms with Crippen molar-refractivity contribution in [3.05, 3.63) is 40.3 Å². The first kappa shape index (κ1) is 15.1. The third-order valence-electron chi connectivity index (χ3n) is 4.91. The molecule has 1 aromatic carbocycles. The molecule has 0 saturated carbocycles. The molecule has 2 aromatic rings. The maximum absolute atomic E-state index is 13.9. The molecular weight excluding hydrogens is 309 g/mol. The van der Waals surface area contributed by atoms with Gasteiger partial charge in [-0.3, -0.25) is 4.79 Å². The van der Waals surface area contributed by atoms with Gasteiger partial charge in [-0.1, -0.05) is 0 Å². The number of halogens is 1. The summed E-state index contributed by atoms with van der Waals surface area (Å²) < 4.78 is 15.3. The van der Waals surface area contributed by atoms with E-state index >= 15 is 0 Å². The van der Waals surface area contributed by atoms with Crippen molar-refractivity contribution in [3.8, 4) is 0 Å². The Morgan fingerprint density at radius 3 is 3.08 bits per heavy atom. The number of aromatic nitrogens is 2. The van der Waals surface area contributed by atoms with Crippen LogP contribution in [0.3, 0.4) is 0 Å². The molecule has 0 spiro atoms. The zero-order valence-electron chi connectivity index (χ0n) is 13.5. The summed E-state index contributed by atoms with van der Waals surface area (Å²) in [6.45, 7) is 3.95. The number of nitrogens with zero attached hydrogens (tertiary/aromatic N) is 2. The van der Waals surface area contributed by atoms with E-state index in [-0.39, 0.29) is 11.7 Å². The third-order valence-corrected chi connectivity index (χ3v) is 4.91. The zero-order chi connectivity index (χ0) is 16.8. The topological polar surface area (TPSA) is 85.0 Å². The van der Waals surface area contributed by atoms with Gasteiger partial charge in [-0.15, -0.1) is 5.10 Å². The van der Waals surface area contributed by atoms with Crippen LogP contribution in [0.15, 0.2) is 12.1 Å². The van der Waals surface area contributed by atoms with E-state index in [1.165, 1.54) is 16.8 Å². The average molecular weight is 329 g/mol. The Hall–Kier alpha value is -2.41. The third kappa shape index (κ3) is 2.27. The fourth-order valence-electron chi connectivity index (χ4n) is 3.74. The van der Waals surface area contributed by atoms with Crippen LogP contribution in [-0.4, -0.2) is 28.8 Å². The van der Waals surface area contributed by atoms with Crippen LogP contribution in [0.2, 0.25) is 0 Å². The normalized spacial score (nSPS) is 19.3. The first-order valence-corrected chi connectivity index (χ1v) is 8.21. The molecule has 2 aliphatic heterocycles. The Morgan fingerprint density at radius 1 is 1.42 bits per heavy atom. The molecule has 24 heavy (non-hydrogen) atoms. The molecule has 0 radical (unpaired) electrons. The van der Waals surface area contributed by atoms with E-state index in [9.17, 15) is 9.18 Å². The van der Waals surface area contributed by atoms with Crippen LogP contribution in [0.5, 0.6) is 0 Å². The number of hydrogen-bond donors (Lipinski definition) is 3. The summed E-state index contributed by atoms with van der Waals surface area (Å²) in [7, 11) is 0. The van der Waals surface area contributed by atoms with Crippen LogP contribution < -0.4 is 16.4 Å². The second-order valence-corrected chi connectivity index (χ2v) is 6.44. The minimum Gasteiger partial charge on any atom is -0.385 e. The molecule has 0 amide bonds. The first-order valence-electron chi connectivity index (χ1n) is 8.21. The highest BCUT2D eigenvalue weighted by atomic mass is 19.1. The second-order valence-electron chi connectivity index (χ2n) is 6.44. The van der Waals surface area contributed by atoms with Gasteiger partial charge in [-0.05, 0) is 36.6 Å². The number of rotatable bonds is 1. The molecule has 126 valence electrons. The highest BCUT2D eigenvalue weighted by Gasteiger charge is 2.32. The SMILES string of the molecule is Cc1cc(F)cc2c1NCCC2C(=O)n1nc(N)c2c1CCNC2. The van der Waals surface area contributed by atoms with Gasteiger partial charge in [0.2, 0.25) is 0 Å². The summed E-state index contributed by atoms with van der Waals surface area (Å²) in [4.78, 5) is 13.1. The summed E-state index contributed by atoms with van der Waals surface area (Å²) in [5.74, 6) is -0.458. The maximum atomic E-state index is 13.9. The van der Waals surface area contributed by atoms with Crippen molar-refractivity contribution in [3.63, 3.8) is 0 Å². The van der Waals surface area contributed by atoms with Crippen LogP contribution in [-0.2, 0) is 13.0 Å². The Bertz CT molecular complexity index is 829. The quantitative estimate of drug-likeness (QED) is 0.743. The predicted molar refractivity (Wildman–Crippen MR) is 89.7 cm³/mol. The van der Waals surface area contributed by atoms with E-state index in [0.717, 1.165) is 29.1 Å². The highest BCUT2D eigenvalue weighted by Crippen LogP contribution is 2.36. The number of nitrogens with two attached hydrogens (primary N) is 1. The Balaban J connectivity index is 1.78. The number of carbonyl (C=O) groups is 1. The Kier molecular flexibility index (Phi) is 3.53. The minimum atomic E-state index is -0.408. The molecule has 3 heterocycles. The monoisotopic (exact) mass is 329 g/mol. The number of nitrogens with one attached hydrogen (secondary N) is 2. The van der Waals surface area contributed by atoms with Gasteiger partial charge in [0.25, 0.3) is 5.91 Å². The standard InChI is InChI=1S/C17H20FN5O/c1-9-6-10(18)7-12-11(2-5-21-15(9)12)17(24)23-14-3-4-20-8-13(14)16(19)22-23/h6-7,11,20-21H,2-5,8H2,1H3,(H2,19,22). The number of carbonyl (C=O) groups excluding carboxylic acids is 1. The largest absolute Gasteiger partial charge is 0.385 e. The number of nitrogen functional groups attached to an aromatic ring is 1. The molecule has 1 atom stereocenters. The zero-order valence-corrected chi connectivity index (χ0v) is 13.5. The van der Waals surface area contributed by atoms with Crippen molar-refractivity contribution in [2.24, 2.45) is 0 Å². The first-order chi connectivity index (χ1) is 11.6. The fourth-order valence-corrected chi connectivity index (χ4v) is 3.74. The summed E-state index contributed by atoms with van der Waals surface area (Å²) >= 11 is 0. The maximum Gasteiger partial charge on any atom is 0.254 e. The van der Waals surface area contributed by atoms with E-state index in [4.69, 9.17) is 5.73 Å². The van der Waals surface area contributed by atoms with Crippen LogP contribution >= 0.6 is 0 Å². The molecule has 0 fully saturated rings. The van der Waals surface area contributed by atoms with Crippen molar-refractivity contribution < 1.29 is 9.18 Å². The molecule has 1 aromatic heterocycles. The highest BCUT2D eigenvalue weighted by molar-refractivity contribution is 5.89. The van der Waals surface area contributed by atoms with E-state index < -0.39 is 5.92 Å². The Morgan fingerprint density at radius 2 is 2.25 bits per heavy atom. The van der Waals surface area contributed by atoms with Crippen LogP contribution in [0.25, 0.3) is 0 Å². The second kappa shape index (κ2) is 5.59. The van der Waals surface area contributed by atoms with Crippen LogP contribution in [0.1, 0.15) is 39.5 Å². The average Bonchev–Trinajstić information content (AvgIpc) is 2.91. The van der Waals surface area contributed by atoms with E-state index in [0.29, 0.717) is 37.3 Å². The smallest absolute Gasteiger partial charge is 0.254 e. The van der Waals surface area contributed by atoms with Gasteiger partial charge in [0, 0.05) is 37.3 Å². The lowest BCUT2D eigenvalue weighted by atomic mass is 9.88. The number of fused-ring (bicyclic) bond motifs is 2. The lowest BCUT2D eigenvalue weighted by Crippen LogP contribution is -2.31. The van der Waals surface area contributed by atoms with Crippen molar-refractivity contribution >= 4 is 17.4 Å². The van der Waals surface area contributed by atoms with E-state index in [2.05, 4.69) is 15.7 Å². The van der Waals surface area contributed by atoms with E-state index in [1.54, 1.807) is 0 Å². The molecule has 2 aliphatic rings. The van der Waals surface area contributed by atoms with E-state index in [1.807, 2.05) is 6.92 Å². The van der Waals surface area contributed by atoms with Gasteiger partial charge < -0.3 is 16.4 Å². The summed E-state index contributed by atoms with van der Waals surface area (Å²) in [5.41, 5.74) is 10.1. The molecule has 0 aliphatic carbocycles. The number of benzene rings is 1. The van der Waals surface area contributed by atoms with Gasteiger partial charge >= 0.3 is 0 Å².